The van der Waals surface area contributed by atoms with E-state index in [9.17, 15) is 9.36 Å². The summed E-state index contributed by atoms with van der Waals surface area (Å²) in [5.41, 5.74) is 8.04. The first-order valence-electron chi connectivity index (χ1n) is 5.92. The molecule has 0 atom stereocenters. The van der Waals surface area contributed by atoms with E-state index in [2.05, 4.69) is 4.79 Å². The van der Waals surface area contributed by atoms with Gasteiger partial charge in [0.05, 0.1) is 19.8 Å². The Morgan fingerprint density at radius 2 is 1.68 bits per heavy atom. The Labute approximate surface area is 112 Å². The minimum absolute atomic E-state index is 0.0303. The maximum absolute atomic E-state index is 12.2. The first kappa shape index (κ1) is 18.0. The molecule has 0 N–H and O–H groups in total. The molecule has 0 aromatic heterocycles. The normalized spacial score (nSPS) is 10.9. The number of carbonyl (C=O) groups is 1. The van der Waals surface area contributed by atoms with Gasteiger partial charge in [-0.1, -0.05) is 0 Å². The van der Waals surface area contributed by atoms with E-state index in [0.29, 0.717) is 6.61 Å². The smallest absolute Gasteiger partial charge is 0.454 e. The van der Waals surface area contributed by atoms with E-state index in [0.717, 1.165) is 0 Å². The van der Waals surface area contributed by atoms with Crippen LogP contribution in [0.2, 0.25) is 0 Å². The Morgan fingerprint density at radius 1 is 1.11 bits per heavy atom. The average Bonchev–Trinajstić information content (AvgIpc) is 2.36. The van der Waals surface area contributed by atoms with Gasteiger partial charge in [-0.05, 0) is 20.8 Å². The van der Waals surface area contributed by atoms with Gasteiger partial charge in [0.2, 0.25) is 0 Å². The molecular weight excluding hydrogens is 275 g/mol. The Balaban J connectivity index is 4.74. The Kier molecular flexibility index (Phi) is 9.30. The summed E-state index contributed by atoms with van der Waals surface area (Å²) in [5.74, 6) is -1.06. The summed E-state index contributed by atoms with van der Waals surface area (Å²) in [6.45, 7) is 5.61. The number of hydrogen-bond donors (Lipinski definition) is 0. The van der Waals surface area contributed by atoms with Crippen molar-refractivity contribution in [3.8, 4) is 0 Å². The molecule has 0 unspecified atom stereocenters. The molecule has 0 bridgehead atoms. The lowest BCUT2D eigenvalue weighted by molar-refractivity contribution is -0.141. The number of esters is 1. The van der Waals surface area contributed by atoms with Crippen LogP contribution in [0, 0.1) is 0 Å². The van der Waals surface area contributed by atoms with Gasteiger partial charge in [0.15, 0.2) is 0 Å². The number of ether oxygens (including phenoxy) is 2. The van der Waals surface area contributed by atoms with Crippen molar-refractivity contribution in [1.82, 2.24) is 0 Å². The van der Waals surface area contributed by atoms with Gasteiger partial charge in [-0.3, -0.25) is 0 Å². The summed E-state index contributed by atoms with van der Waals surface area (Å²) < 4.78 is 31.7. The second-order valence-corrected chi connectivity index (χ2v) is 5.02. The molecule has 0 aliphatic rings. The van der Waals surface area contributed by atoms with Gasteiger partial charge < -0.3 is 24.1 Å². The van der Waals surface area contributed by atoms with Gasteiger partial charge in [0.25, 0.3) is 0 Å². The summed E-state index contributed by atoms with van der Waals surface area (Å²) >= 11 is 0. The molecular formula is C10H19N2O6P. The van der Waals surface area contributed by atoms with Crippen LogP contribution in [0.1, 0.15) is 20.8 Å². The van der Waals surface area contributed by atoms with Gasteiger partial charge >= 0.3 is 19.0 Å². The van der Waals surface area contributed by atoms with E-state index < -0.39 is 19.0 Å². The highest BCUT2D eigenvalue weighted by molar-refractivity contribution is 7.74. The van der Waals surface area contributed by atoms with E-state index in [4.69, 9.17) is 24.1 Å². The highest BCUT2D eigenvalue weighted by Crippen LogP contribution is 2.49. The van der Waals surface area contributed by atoms with Crippen molar-refractivity contribution >= 4 is 19.0 Å². The zero-order valence-electron chi connectivity index (χ0n) is 11.3. The number of rotatable bonds is 10. The van der Waals surface area contributed by atoms with E-state index in [1.54, 1.807) is 20.8 Å². The standard InChI is InChI=1S/C10H19N2O6P/c1-4-15-7-8-16-10(13)9(12-11)19(14,17-5-2)18-6-3/h4-8H2,1-3H3. The van der Waals surface area contributed by atoms with Crippen molar-refractivity contribution < 1.29 is 32.7 Å². The Morgan fingerprint density at radius 3 is 2.11 bits per heavy atom. The first-order valence-corrected chi connectivity index (χ1v) is 7.46. The molecule has 0 saturated heterocycles. The number of nitrogens with zero attached hydrogens (tertiary/aromatic N) is 2. The van der Waals surface area contributed by atoms with Crippen molar-refractivity contribution in [2.75, 3.05) is 33.0 Å². The Hall–Kier alpha value is -1.04. The molecule has 19 heavy (non-hydrogen) atoms. The summed E-state index contributed by atoms with van der Waals surface area (Å²) in [7, 11) is -3.96. The third-order valence-electron chi connectivity index (χ3n) is 1.80. The van der Waals surface area contributed by atoms with Gasteiger partial charge in [0, 0.05) is 6.61 Å². The average molecular weight is 294 g/mol. The molecule has 0 aliphatic heterocycles. The van der Waals surface area contributed by atoms with Crippen molar-refractivity contribution in [2.24, 2.45) is 0 Å². The monoisotopic (exact) mass is 294 g/mol. The summed E-state index contributed by atoms with van der Waals surface area (Å²) in [5, 5.41) is 0. The van der Waals surface area contributed by atoms with Crippen LogP contribution in [-0.2, 0) is 27.9 Å². The fraction of sp³-hybridized carbons (Fsp3) is 0.800. The fourth-order valence-electron chi connectivity index (χ4n) is 1.11. The molecule has 0 radical (unpaired) electrons. The molecule has 9 heteroatoms. The predicted molar refractivity (Wildman–Crippen MR) is 66.9 cm³/mol. The third kappa shape index (κ3) is 6.09. The van der Waals surface area contributed by atoms with E-state index in [1.165, 1.54) is 0 Å². The third-order valence-corrected chi connectivity index (χ3v) is 3.79. The summed E-state index contributed by atoms with van der Waals surface area (Å²) in [6, 6.07) is 0. The van der Waals surface area contributed by atoms with Gasteiger partial charge in [-0.25, -0.2) is 9.36 Å². The van der Waals surface area contributed by atoms with Crippen LogP contribution in [0.3, 0.4) is 0 Å². The lowest BCUT2D eigenvalue weighted by atomic mass is 10.7. The molecule has 0 aromatic carbocycles. The highest BCUT2D eigenvalue weighted by Gasteiger charge is 2.47. The largest absolute Gasteiger partial charge is 0.484 e. The van der Waals surface area contributed by atoms with Crippen LogP contribution >= 0.6 is 7.60 Å². The van der Waals surface area contributed by atoms with Gasteiger partial charge in [-0.15, -0.1) is 4.79 Å². The molecule has 0 fully saturated rings. The summed E-state index contributed by atoms with van der Waals surface area (Å²) in [4.78, 5) is 14.3. The van der Waals surface area contributed by atoms with Gasteiger partial charge in [-0.2, -0.15) is 0 Å². The van der Waals surface area contributed by atoms with Gasteiger partial charge in [0.1, 0.15) is 6.61 Å². The van der Waals surface area contributed by atoms with Crippen molar-refractivity contribution in [3.63, 3.8) is 0 Å². The zero-order valence-corrected chi connectivity index (χ0v) is 12.2. The lowest BCUT2D eigenvalue weighted by Gasteiger charge is -2.11. The molecule has 0 heterocycles. The lowest BCUT2D eigenvalue weighted by Crippen LogP contribution is -2.23. The predicted octanol–water partition coefficient (Wildman–Crippen LogP) is 1.46. The highest BCUT2D eigenvalue weighted by atomic mass is 31.2. The molecule has 0 amide bonds. The van der Waals surface area contributed by atoms with Crippen LogP contribution < -0.4 is 0 Å². The first-order chi connectivity index (χ1) is 9.05. The fourth-order valence-corrected chi connectivity index (χ4v) is 2.51. The van der Waals surface area contributed by atoms with Crippen LogP contribution in [0.25, 0.3) is 5.53 Å². The van der Waals surface area contributed by atoms with Crippen LogP contribution in [0.5, 0.6) is 0 Å². The van der Waals surface area contributed by atoms with Crippen molar-refractivity contribution in [3.05, 3.63) is 5.53 Å². The van der Waals surface area contributed by atoms with Crippen LogP contribution in [0.4, 0.5) is 0 Å². The van der Waals surface area contributed by atoms with E-state index in [-0.39, 0.29) is 26.4 Å². The maximum atomic E-state index is 12.2. The molecule has 0 aromatic rings. The summed E-state index contributed by atoms with van der Waals surface area (Å²) in [6.07, 6.45) is 0. The molecule has 8 nitrogen and oxygen atoms in total. The minimum atomic E-state index is -3.96. The second kappa shape index (κ2) is 9.83. The second-order valence-electron chi connectivity index (χ2n) is 3.09. The number of hydrogen-bond acceptors (Lipinski definition) is 6. The van der Waals surface area contributed by atoms with Crippen LogP contribution in [0.15, 0.2) is 0 Å². The quantitative estimate of drug-likeness (QED) is 0.151. The zero-order chi connectivity index (χ0) is 14.7. The Bertz CT molecular complexity index is 370. The topological polar surface area (TPSA) is 107 Å². The van der Waals surface area contributed by atoms with E-state index in [1.807, 2.05) is 0 Å². The van der Waals surface area contributed by atoms with Crippen molar-refractivity contribution in [1.29, 1.82) is 0 Å². The molecule has 0 aliphatic carbocycles. The maximum Gasteiger partial charge on any atom is 0.484 e. The molecule has 0 spiro atoms. The SMILES string of the molecule is CCOCCOC(=O)C(=[N+]=[N-])P(=O)(OCC)OCC. The minimum Gasteiger partial charge on any atom is -0.454 e. The number of carbonyl (C=O) groups excluding carboxylic acids is 1. The molecule has 110 valence electrons. The van der Waals surface area contributed by atoms with E-state index >= 15 is 0 Å². The van der Waals surface area contributed by atoms with Crippen molar-refractivity contribution in [2.45, 2.75) is 20.8 Å². The molecule has 0 saturated carbocycles. The molecule has 0 rings (SSSR count). The van der Waals surface area contributed by atoms with Crippen LogP contribution in [-0.4, -0.2) is 49.2 Å².